The van der Waals surface area contributed by atoms with E-state index < -0.39 is 12.6 Å². The fourth-order valence-electron chi connectivity index (χ4n) is 0.759. The molecule has 0 heterocycles. The molecule has 0 aromatic carbocycles. The molecule has 0 aromatic rings. The van der Waals surface area contributed by atoms with Crippen molar-refractivity contribution in [3.05, 3.63) is 0 Å². The SMILES string of the molecule is CN(CCCBr)CCC(F)(F)F. The summed E-state index contributed by atoms with van der Waals surface area (Å²) in [5, 5.41) is 0.837. The molecule has 0 aliphatic heterocycles. The van der Waals surface area contributed by atoms with Crippen molar-refractivity contribution in [2.45, 2.75) is 19.0 Å². The van der Waals surface area contributed by atoms with Crippen LogP contribution >= 0.6 is 15.9 Å². The molecule has 74 valence electrons. The van der Waals surface area contributed by atoms with Crippen LogP contribution < -0.4 is 0 Å². The third-order valence-electron chi connectivity index (χ3n) is 1.45. The molecular formula is C7H13BrF3N. The van der Waals surface area contributed by atoms with Crippen LogP contribution in [0, 0.1) is 0 Å². The molecule has 12 heavy (non-hydrogen) atoms. The second-order valence-electron chi connectivity index (χ2n) is 2.71. The van der Waals surface area contributed by atoms with Gasteiger partial charge in [-0.15, -0.1) is 0 Å². The van der Waals surface area contributed by atoms with Crippen LogP contribution in [0.25, 0.3) is 0 Å². The van der Waals surface area contributed by atoms with Crippen molar-refractivity contribution in [2.75, 3.05) is 25.5 Å². The maximum Gasteiger partial charge on any atom is 0.390 e. The lowest BCUT2D eigenvalue weighted by atomic mass is 10.3. The second kappa shape index (κ2) is 5.80. The molecular weight excluding hydrogens is 235 g/mol. The van der Waals surface area contributed by atoms with Gasteiger partial charge in [-0.05, 0) is 20.0 Å². The van der Waals surface area contributed by atoms with Crippen molar-refractivity contribution in [2.24, 2.45) is 0 Å². The molecule has 0 saturated carbocycles. The second-order valence-corrected chi connectivity index (χ2v) is 3.50. The van der Waals surface area contributed by atoms with Crippen molar-refractivity contribution < 1.29 is 13.2 Å². The summed E-state index contributed by atoms with van der Waals surface area (Å²) >= 11 is 3.22. The minimum absolute atomic E-state index is 0.0938. The van der Waals surface area contributed by atoms with Crippen molar-refractivity contribution in [1.82, 2.24) is 4.90 Å². The standard InChI is InChI=1S/C7H13BrF3N/c1-12(5-2-4-8)6-3-7(9,10)11/h2-6H2,1H3. The largest absolute Gasteiger partial charge is 0.390 e. The van der Waals surface area contributed by atoms with Crippen LogP contribution in [0.2, 0.25) is 0 Å². The highest BCUT2D eigenvalue weighted by Crippen LogP contribution is 2.19. The highest BCUT2D eigenvalue weighted by Gasteiger charge is 2.26. The molecule has 0 radical (unpaired) electrons. The fraction of sp³-hybridized carbons (Fsp3) is 1.00. The number of rotatable bonds is 5. The number of hydrogen-bond donors (Lipinski definition) is 0. The number of hydrogen-bond acceptors (Lipinski definition) is 1. The van der Waals surface area contributed by atoms with Crippen LogP contribution in [0.1, 0.15) is 12.8 Å². The maximum absolute atomic E-state index is 11.7. The number of nitrogens with zero attached hydrogens (tertiary/aromatic N) is 1. The van der Waals surface area contributed by atoms with E-state index in [-0.39, 0.29) is 6.54 Å². The molecule has 0 fully saturated rings. The average Bonchev–Trinajstić information content (AvgIpc) is 1.95. The normalized spacial score (nSPS) is 12.5. The first-order chi connectivity index (χ1) is 5.45. The van der Waals surface area contributed by atoms with Gasteiger partial charge in [0.1, 0.15) is 0 Å². The first kappa shape index (κ1) is 12.2. The Morgan fingerprint density at radius 3 is 2.25 bits per heavy atom. The number of alkyl halides is 4. The quantitative estimate of drug-likeness (QED) is 0.676. The first-order valence-electron chi connectivity index (χ1n) is 3.77. The molecule has 0 bridgehead atoms. The minimum atomic E-state index is -4.03. The highest BCUT2D eigenvalue weighted by atomic mass is 79.9. The topological polar surface area (TPSA) is 3.24 Å². The molecule has 1 nitrogen and oxygen atoms in total. The van der Waals surface area contributed by atoms with Crippen LogP contribution in [0.15, 0.2) is 0 Å². The van der Waals surface area contributed by atoms with E-state index in [0.717, 1.165) is 11.8 Å². The van der Waals surface area contributed by atoms with Crippen LogP contribution in [-0.2, 0) is 0 Å². The molecule has 0 atom stereocenters. The van der Waals surface area contributed by atoms with Crippen molar-refractivity contribution >= 4 is 15.9 Å². The van der Waals surface area contributed by atoms with E-state index in [1.54, 1.807) is 11.9 Å². The molecule has 0 saturated heterocycles. The van der Waals surface area contributed by atoms with Gasteiger partial charge in [0, 0.05) is 11.9 Å². The van der Waals surface area contributed by atoms with E-state index in [1.165, 1.54) is 0 Å². The van der Waals surface area contributed by atoms with Gasteiger partial charge in [0.15, 0.2) is 0 Å². The zero-order valence-corrected chi connectivity index (χ0v) is 8.58. The first-order valence-corrected chi connectivity index (χ1v) is 4.89. The summed E-state index contributed by atoms with van der Waals surface area (Å²) in [6, 6.07) is 0. The molecule has 5 heteroatoms. The van der Waals surface area contributed by atoms with Gasteiger partial charge in [0.05, 0.1) is 6.42 Å². The average molecular weight is 248 g/mol. The summed E-state index contributed by atoms with van der Waals surface area (Å²) in [5.74, 6) is 0. The zero-order chi connectivity index (χ0) is 9.61. The highest BCUT2D eigenvalue weighted by molar-refractivity contribution is 9.09. The predicted molar refractivity (Wildman–Crippen MR) is 46.6 cm³/mol. The molecule has 0 aliphatic rings. The van der Waals surface area contributed by atoms with E-state index in [9.17, 15) is 13.2 Å². The van der Waals surface area contributed by atoms with E-state index in [1.807, 2.05) is 0 Å². The predicted octanol–water partition coefficient (Wildman–Crippen LogP) is 2.66. The molecule has 0 unspecified atom stereocenters. The van der Waals surface area contributed by atoms with Crippen LogP contribution in [0.5, 0.6) is 0 Å². The molecule has 0 aliphatic carbocycles. The lowest BCUT2D eigenvalue weighted by Crippen LogP contribution is -2.25. The zero-order valence-electron chi connectivity index (χ0n) is 6.99. The Hall–Kier alpha value is 0.230. The molecule has 0 aromatic heterocycles. The van der Waals surface area contributed by atoms with Gasteiger partial charge in [-0.3, -0.25) is 0 Å². The summed E-state index contributed by atoms with van der Waals surface area (Å²) in [7, 11) is 1.70. The molecule has 0 amide bonds. The third kappa shape index (κ3) is 8.33. The van der Waals surface area contributed by atoms with Gasteiger partial charge in [0.25, 0.3) is 0 Å². The Morgan fingerprint density at radius 2 is 1.83 bits per heavy atom. The molecule has 0 N–H and O–H groups in total. The Labute approximate surface area is 79.1 Å². The van der Waals surface area contributed by atoms with Gasteiger partial charge >= 0.3 is 6.18 Å². The van der Waals surface area contributed by atoms with E-state index in [2.05, 4.69) is 15.9 Å². The maximum atomic E-state index is 11.7. The van der Waals surface area contributed by atoms with Crippen LogP contribution in [-0.4, -0.2) is 36.5 Å². The Morgan fingerprint density at radius 1 is 1.25 bits per heavy atom. The summed E-state index contributed by atoms with van der Waals surface area (Å²) in [4.78, 5) is 1.69. The van der Waals surface area contributed by atoms with E-state index in [4.69, 9.17) is 0 Å². The van der Waals surface area contributed by atoms with Gasteiger partial charge in [0.2, 0.25) is 0 Å². The van der Waals surface area contributed by atoms with Crippen molar-refractivity contribution in [3.8, 4) is 0 Å². The Balaban J connectivity index is 3.37. The fourth-order valence-corrected chi connectivity index (χ4v) is 1.01. The van der Waals surface area contributed by atoms with Gasteiger partial charge < -0.3 is 4.90 Å². The summed E-state index contributed by atoms with van der Waals surface area (Å²) < 4.78 is 35.1. The van der Waals surface area contributed by atoms with Crippen molar-refractivity contribution in [3.63, 3.8) is 0 Å². The van der Waals surface area contributed by atoms with Crippen LogP contribution in [0.3, 0.4) is 0 Å². The number of halogens is 4. The van der Waals surface area contributed by atoms with Gasteiger partial charge in [-0.25, -0.2) is 0 Å². The van der Waals surface area contributed by atoms with Crippen molar-refractivity contribution in [1.29, 1.82) is 0 Å². The summed E-state index contributed by atoms with van der Waals surface area (Å²) in [6.07, 6.45) is -3.86. The van der Waals surface area contributed by atoms with Gasteiger partial charge in [-0.1, -0.05) is 15.9 Å². The van der Waals surface area contributed by atoms with Gasteiger partial charge in [-0.2, -0.15) is 13.2 Å². The molecule has 0 rings (SSSR count). The Kier molecular flexibility index (Phi) is 5.92. The smallest absolute Gasteiger partial charge is 0.306 e. The minimum Gasteiger partial charge on any atom is -0.306 e. The molecule has 0 spiro atoms. The summed E-state index contributed by atoms with van der Waals surface area (Å²) in [5.41, 5.74) is 0. The monoisotopic (exact) mass is 247 g/mol. The summed E-state index contributed by atoms with van der Waals surface area (Å²) in [6.45, 7) is 0.803. The Bertz CT molecular complexity index is 116. The lowest BCUT2D eigenvalue weighted by molar-refractivity contribution is -0.137. The van der Waals surface area contributed by atoms with E-state index in [0.29, 0.717) is 6.54 Å². The lowest BCUT2D eigenvalue weighted by Gasteiger charge is -2.16. The van der Waals surface area contributed by atoms with Crippen LogP contribution in [0.4, 0.5) is 13.2 Å². The van der Waals surface area contributed by atoms with E-state index >= 15 is 0 Å². The third-order valence-corrected chi connectivity index (χ3v) is 2.01.